The van der Waals surface area contributed by atoms with Crippen LogP contribution in [-0.2, 0) is 29.5 Å². The van der Waals surface area contributed by atoms with Crippen LogP contribution < -0.4 is 10.6 Å². The van der Waals surface area contributed by atoms with Gasteiger partial charge in [0.15, 0.2) is 0 Å². The highest BCUT2D eigenvalue weighted by atomic mass is 16.2. The first-order valence-corrected chi connectivity index (χ1v) is 9.66. The van der Waals surface area contributed by atoms with Gasteiger partial charge in [-0.2, -0.15) is 5.10 Å². The Balaban J connectivity index is 1.54. The van der Waals surface area contributed by atoms with Gasteiger partial charge >= 0.3 is 0 Å². The fourth-order valence-corrected chi connectivity index (χ4v) is 4.10. The summed E-state index contributed by atoms with van der Waals surface area (Å²) in [4.78, 5) is 28.0. The summed E-state index contributed by atoms with van der Waals surface area (Å²) in [7, 11) is 1.93. The summed E-state index contributed by atoms with van der Waals surface area (Å²) >= 11 is 0. The molecule has 1 aliphatic rings. The summed E-state index contributed by atoms with van der Waals surface area (Å²) in [5.74, 6) is -0.382. The summed E-state index contributed by atoms with van der Waals surface area (Å²) in [6.07, 6.45) is 7.04. The van der Waals surface area contributed by atoms with Crippen molar-refractivity contribution in [2.45, 2.75) is 44.7 Å². The van der Waals surface area contributed by atoms with Gasteiger partial charge < -0.3 is 15.6 Å². The number of fused-ring (bicyclic) bond motifs is 2. The molecule has 0 bridgehead atoms. The van der Waals surface area contributed by atoms with Gasteiger partial charge in [0.1, 0.15) is 6.04 Å². The Labute approximate surface area is 163 Å². The van der Waals surface area contributed by atoms with E-state index < -0.39 is 6.04 Å². The number of aryl methyl sites for hydroxylation is 1. The average molecular weight is 379 g/mol. The van der Waals surface area contributed by atoms with E-state index in [2.05, 4.69) is 20.7 Å². The van der Waals surface area contributed by atoms with Crippen molar-refractivity contribution in [3.05, 3.63) is 53.5 Å². The lowest BCUT2D eigenvalue weighted by atomic mass is 9.92. The topological polar surface area (TPSA) is 91.8 Å². The number of hydrogen-bond donors (Lipinski definition) is 3. The monoisotopic (exact) mass is 379 g/mol. The Kier molecular flexibility index (Phi) is 4.90. The number of benzene rings is 1. The van der Waals surface area contributed by atoms with Gasteiger partial charge in [0.2, 0.25) is 11.8 Å². The lowest BCUT2D eigenvalue weighted by Gasteiger charge is -2.26. The molecule has 28 heavy (non-hydrogen) atoms. The molecule has 2 unspecified atom stereocenters. The van der Waals surface area contributed by atoms with Crippen LogP contribution in [0.1, 0.15) is 42.6 Å². The molecule has 3 aromatic rings. The first-order chi connectivity index (χ1) is 13.5. The predicted molar refractivity (Wildman–Crippen MR) is 107 cm³/mol. The SMILES string of the molecule is CC(=O)NC(Cc1c[nH]c2ccccc12)C(=O)NC1CCCc2c1cnn2C. The van der Waals surface area contributed by atoms with E-state index in [9.17, 15) is 9.59 Å². The molecule has 0 aliphatic heterocycles. The van der Waals surface area contributed by atoms with Gasteiger partial charge in [0.25, 0.3) is 0 Å². The molecule has 1 aliphatic carbocycles. The number of carbonyl (C=O) groups is 2. The maximum Gasteiger partial charge on any atom is 0.243 e. The minimum atomic E-state index is -0.626. The lowest BCUT2D eigenvalue weighted by Crippen LogP contribution is -2.48. The Morgan fingerprint density at radius 3 is 3.00 bits per heavy atom. The maximum atomic E-state index is 13.1. The molecule has 2 heterocycles. The van der Waals surface area contributed by atoms with Crippen molar-refractivity contribution in [2.75, 3.05) is 0 Å². The summed E-state index contributed by atoms with van der Waals surface area (Å²) in [5, 5.41) is 11.4. The summed E-state index contributed by atoms with van der Waals surface area (Å²) in [5.41, 5.74) is 4.28. The first-order valence-electron chi connectivity index (χ1n) is 9.66. The third kappa shape index (κ3) is 3.52. The number of carbonyl (C=O) groups excluding carboxylic acids is 2. The minimum absolute atomic E-state index is 0.0656. The number of rotatable bonds is 5. The maximum absolute atomic E-state index is 13.1. The number of nitrogens with zero attached hydrogens (tertiary/aromatic N) is 2. The van der Waals surface area contributed by atoms with E-state index in [0.29, 0.717) is 6.42 Å². The van der Waals surface area contributed by atoms with E-state index in [4.69, 9.17) is 0 Å². The van der Waals surface area contributed by atoms with Gasteiger partial charge in [-0.05, 0) is 30.9 Å². The molecule has 0 radical (unpaired) electrons. The Bertz CT molecular complexity index is 1020. The number of hydrogen-bond acceptors (Lipinski definition) is 3. The van der Waals surface area contributed by atoms with Gasteiger partial charge in [-0.25, -0.2) is 0 Å². The number of aromatic amines is 1. The Morgan fingerprint density at radius 2 is 2.18 bits per heavy atom. The van der Waals surface area contributed by atoms with Crippen LogP contribution in [0.15, 0.2) is 36.7 Å². The molecule has 0 saturated carbocycles. The molecule has 3 N–H and O–H groups in total. The van der Waals surface area contributed by atoms with Crippen LogP contribution in [0.5, 0.6) is 0 Å². The van der Waals surface area contributed by atoms with Crippen LogP contribution >= 0.6 is 0 Å². The zero-order valence-electron chi connectivity index (χ0n) is 16.2. The largest absolute Gasteiger partial charge is 0.361 e. The van der Waals surface area contributed by atoms with Crippen molar-refractivity contribution in [1.29, 1.82) is 0 Å². The second-order valence-corrected chi connectivity index (χ2v) is 7.44. The van der Waals surface area contributed by atoms with E-state index in [0.717, 1.165) is 41.3 Å². The van der Waals surface area contributed by atoms with Crippen molar-refractivity contribution >= 4 is 22.7 Å². The van der Waals surface area contributed by atoms with Crippen LogP contribution in [0, 0.1) is 0 Å². The third-order valence-electron chi connectivity index (χ3n) is 5.49. The quantitative estimate of drug-likeness (QED) is 0.634. The predicted octanol–water partition coefficient (Wildman–Crippen LogP) is 2.14. The zero-order valence-corrected chi connectivity index (χ0v) is 16.2. The molecule has 1 aromatic carbocycles. The highest BCUT2D eigenvalue weighted by Crippen LogP contribution is 2.29. The van der Waals surface area contributed by atoms with Crippen LogP contribution in [0.25, 0.3) is 10.9 Å². The first kappa shape index (κ1) is 18.3. The van der Waals surface area contributed by atoms with Gasteiger partial charge in [0, 0.05) is 48.7 Å². The molecule has 0 fully saturated rings. The van der Waals surface area contributed by atoms with E-state index in [-0.39, 0.29) is 17.9 Å². The van der Waals surface area contributed by atoms with Crippen LogP contribution in [-0.4, -0.2) is 32.6 Å². The van der Waals surface area contributed by atoms with Crippen molar-refractivity contribution in [1.82, 2.24) is 25.4 Å². The Hall–Kier alpha value is -3.09. The fraction of sp³-hybridized carbons (Fsp3) is 0.381. The van der Waals surface area contributed by atoms with Crippen molar-refractivity contribution < 1.29 is 9.59 Å². The summed E-state index contributed by atoms with van der Waals surface area (Å²) in [6, 6.07) is 7.27. The van der Waals surface area contributed by atoms with Gasteiger partial charge in [-0.15, -0.1) is 0 Å². The molecule has 2 atom stereocenters. The molecule has 4 rings (SSSR count). The van der Waals surface area contributed by atoms with Crippen LogP contribution in [0.2, 0.25) is 0 Å². The van der Waals surface area contributed by atoms with Crippen molar-refractivity contribution in [3.8, 4) is 0 Å². The lowest BCUT2D eigenvalue weighted by molar-refractivity contribution is -0.128. The number of aromatic nitrogens is 3. The second kappa shape index (κ2) is 7.50. The van der Waals surface area contributed by atoms with Crippen molar-refractivity contribution in [2.24, 2.45) is 7.05 Å². The number of amides is 2. The normalized spacial score (nSPS) is 17.1. The van der Waals surface area contributed by atoms with Gasteiger partial charge in [-0.1, -0.05) is 18.2 Å². The number of nitrogens with one attached hydrogen (secondary N) is 3. The molecular formula is C21H25N5O2. The molecular weight excluding hydrogens is 354 g/mol. The number of para-hydroxylation sites is 1. The van der Waals surface area contributed by atoms with Crippen LogP contribution in [0.3, 0.4) is 0 Å². The molecule has 2 aromatic heterocycles. The highest BCUT2D eigenvalue weighted by molar-refractivity contribution is 5.89. The average Bonchev–Trinajstić information content (AvgIpc) is 3.26. The number of H-pyrrole nitrogens is 1. The third-order valence-corrected chi connectivity index (χ3v) is 5.49. The fourth-order valence-electron chi connectivity index (χ4n) is 4.10. The Morgan fingerprint density at radius 1 is 1.36 bits per heavy atom. The van der Waals surface area contributed by atoms with Crippen LogP contribution in [0.4, 0.5) is 0 Å². The molecule has 146 valence electrons. The highest BCUT2D eigenvalue weighted by Gasteiger charge is 2.28. The summed E-state index contributed by atoms with van der Waals surface area (Å²) < 4.78 is 1.88. The molecule has 7 heteroatoms. The molecule has 2 amide bonds. The van der Waals surface area contributed by atoms with E-state index in [1.165, 1.54) is 12.6 Å². The van der Waals surface area contributed by atoms with E-state index >= 15 is 0 Å². The van der Waals surface area contributed by atoms with Gasteiger partial charge in [-0.3, -0.25) is 14.3 Å². The van der Waals surface area contributed by atoms with Crippen molar-refractivity contribution in [3.63, 3.8) is 0 Å². The standard InChI is InChI=1S/C21H25N5O2/c1-13(27)24-19(10-14-11-22-17-7-4-3-6-15(14)17)21(28)25-18-8-5-9-20-16(18)12-23-26(20)2/h3-4,6-7,11-12,18-19,22H,5,8-10H2,1-2H3,(H,24,27)(H,25,28). The molecule has 0 saturated heterocycles. The molecule has 0 spiro atoms. The van der Waals surface area contributed by atoms with Gasteiger partial charge in [0.05, 0.1) is 12.2 Å². The zero-order chi connectivity index (χ0) is 19.7. The second-order valence-electron chi connectivity index (χ2n) is 7.44. The smallest absolute Gasteiger partial charge is 0.243 e. The minimum Gasteiger partial charge on any atom is -0.361 e. The van der Waals surface area contributed by atoms with E-state index in [1.54, 1.807) is 0 Å². The molecule has 7 nitrogen and oxygen atoms in total. The van der Waals surface area contributed by atoms with E-state index in [1.807, 2.05) is 48.4 Å². The summed E-state index contributed by atoms with van der Waals surface area (Å²) in [6.45, 7) is 1.44.